The number of aromatic nitrogens is 1. The zero-order valence-corrected chi connectivity index (χ0v) is 17.5. The fraction of sp³-hybridized carbons (Fsp3) is 0.292. The maximum Gasteiger partial charge on any atom is 0.263 e. The molecule has 1 aromatic carbocycles. The van der Waals surface area contributed by atoms with Crippen molar-refractivity contribution in [2.75, 3.05) is 18.4 Å². The highest BCUT2D eigenvalue weighted by Crippen LogP contribution is 2.40. The first-order valence-electron chi connectivity index (χ1n) is 10.4. The third-order valence-corrected chi connectivity index (χ3v) is 7.24. The molecule has 5 nitrogen and oxygen atoms in total. The van der Waals surface area contributed by atoms with Crippen LogP contribution >= 0.6 is 11.3 Å². The largest absolute Gasteiger partial charge is 0.338 e. The number of benzene rings is 1. The van der Waals surface area contributed by atoms with Gasteiger partial charge in [0.1, 0.15) is 0 Å². The molecule has 1 N–H and O–H groups in total. The van der Waals surface area contributed by atoms with Crippen LogP contribution in [0.4, 0.5) is 5.69 Å². The number of aryl methyl sites for hydroxylation is 2. The number of fused-ring (bicyclic) bond motifs is 3. The van der Waals surface area contributed by atoms with Crippen molar-refractivity contribution in [3.05, 3.63) is 70.9 Å². The predicted molar refractivity (Wildman–Crippen MR) is 119 cm³/mol. The summed E-state index contributed by atoms with van der Waals surface area (Å²) in [4.78, 5) is 33.6. The Morgan fingerprint density at radius 2 is 1.73 bits per heavy atom. The molecule has 1 saturated heterocycles. The van der Waals surface area contributed by atoms with E-state index in [1.165, 1.54) is 21.6 Å². The van der Waals surface area contributed by atoms with E-state index in [4.69, 9.17) is 0 Å². The van der Waals surface area contributed by atoms with Gasteiger partial charge in [-0.05, 0) is 60.6 Å². The molecule has 0 atom stereocenters. The maximum atomic E-state index is 13.1. The van der Waals surface area contributed by atoms with Crippen LogP contribution in [-0.4, -0.2) is 34.8 Å². The van der Waals surface area contributed by atoms with E-state index in [9.17, 15) is 9.59 Å². The predicted octanol–water partition coefficient (Wildman–Crippen LogP) is 4.40. The number of nitrogens with one attached hydrogen (secondary N) is 1. The van der Waals surface area contributed by atoms with E-state index in [0.717, 1.165) is 23.4 Å². The highest BCUT2D eigenvalue weighted by molar-refractivity contribution is 7.17. The molecule has 0 saturated carbocycles. The summed E-state index contributed by atoms with van der Waals surface area (Å²) < 4.78 is 0. The molecule has 1 fully saturated rings. The number of hydrogen-bond donors (Lipinski definition) is 1. The van der Waals surface area contributed by atoms with Crippen molar-refractivity contribution in [1.82, 2.24) is 9.88 Å². The number of anilines is 1. The molecule has 2 aromatic heterocycles. The van der Waals surface area contributed by atoms with Crippen LogP contribution in [0.3, 0.4) is 0 Å². The van der Waals surface area contributed by atoms with Crippen LogP contribution in [0, 0.1) is 5.92 Å². The molecule has 0 unspecified atom stereocenters. The van der Waals surface area contributed by atoms with E-state index in [2.05, 4.69) is 40.6 Å². The Hall–Kier alpha value is -2.99. The second-order valence-corrected chi connectivity index (χ2v) is 8.97. The number of carbonyl (C=O) groups excluding carboxylic acids is 2. The van der Waals surface area contributed by atoms with Gasteiger partial charge >= 0.3 is 0 Å². The average Bonchev–Trinajstić information content (AvgIpc) is 3.24. The molecule has 5 rings (SSSR count). The number of pyridine rings is 1. The summed E-state index contributed by atoms with van der Waals surface area (Å²) >= 11 is 1.61. The van der Waals surface area contributed by atoms with Gasteiger partial charge in [-0.1, -0.05) is 24.3 Å². The summed E-state index contributed by atoms with van der Waals surface area (Å²) in [5.41, 5.74) is 4.69. The van der Waals surface area contributed by atoms with Crippen LogP contribution in [0.25, 0.3) is 10.4 Å². The summed E-state index contributed by atoms with van der Waals surface area (Å²) in [5, 5.41) is 2.95. The van der Waals surface area contributed by atoms with Crippen LogP contribution in [0.2, 0.25) is 0 Å². The summed E-state index contributed by atoms with van der Waals surface area (Å²) in [7, 11) is 0. The SMILES string of the molecule is O=C(Nc1ccncc1)C1CCN(C(=O)c2cc3c(s2)-c2ccccc2CC3)CC1. The number of carbonyl (C=O) groups is 2. The second kappa shape index (κ2) is 8.03. The minimum atomic E-state index is -0.0642. The topological polar surface area (TPSA) is 62.3 Å². The highest BCUT2D eigenvalue weighted by atomic mass is 32.1. The zero-order chi connectivity index (χ0) is 20.5. The first-order valence-corrected chi connectivity index (χ1v) is 11.2. The van der Waals surface area contributed by atoms with Crippen LogP contribution in [-0.2, 0) is 17.6 Å². The lowest BCUT2D eigenvalue weighted by Gasteiger charge is -2.31. The van der Waals surface area contributed by atoms with Crippen molar-refractivity contribution in [1.29, 1.82) is 0 Å². The van der Waals surface area contributed by atoms with Gasteiger partial charge in [-0.2, -0.15) is 0 Å². The molecule has 30 heavy (non-hydrogen) atoms. The molecular formula is C24H23N3O2S. The Labute approximate surface area is 179 Å². The Balaban J connectivity index is 1.24. The Bertz CT molecular complexity index is 1080. The van der Waals surface area contributed by atoms with Gasteiger partial charge < -0.3 is 10.2 Å². The standard InChI is InChI=1S/C24H23N3O2S/c28-23(26-19-7-11-25-12-8-19)17-9-13-27(14-10-17)24(29)21-15-18-6-5-16-3-1-2-4-20(16)22(18)30-21/h1-4,7-8,11-12,15,17H,5-6,9-10,13-14H2,(H,25,26,28). The second-order valence-electron chi connectivity index (χ2n) is 7.91. The lowest BCUT2D eigenvalue weighted by atomic mass is 9.91. The molecule has 3 heterocycles. The van der Waals surface area contributed by atoms with Gasteiger partial charge in [0.05, 0.1) is 4.88 Å². The van der Waals surface area contributed by atoms with Crippen LogP contribution in [0.15, 0.2) is 54.9 Å². The van der Waals surface area contributed by atoms with Crippen LogP contribution in [0.5, 0.6) is 0 Å². The number of hydrogen-bond acceptors (Lipinski definition) is 4. The van der Waals surface area contributed by atoms with Gasteiger partial charge in [0.2, 0.25) is 5.91 Å². The summed E-state index contributed by atoms with van der Waals surface area (Å²) in [6, 6.07) is 14.1. The number of nitrogens with zero attached hydrogens (tertiary/aromatic N) is 2. The van der Waals surface area contributed by atoms with Gasteiger partial charge in [-0.15, -0.1) is 11.3 Å². The normalized spacial score (nSPS) is 15.9. The minimum Gasteiger partial charge on any atom is -0.338 e. The molecule has 0 spiro atoms. The summed E-state index contributed by atoms with van der Waals surface area (Å²) in [6.45, 7) is 1.23. The van der Waals surface area contributed by atoms with Crippen molar-refractivity contribution >= 4 is 28.8 Å². The molecule has 2 aliphatic rings. The monoisotopic (exact) mass is 417 g/mol. The first-order chi connectivity index (χ1) is 14.7. The van der Waals surface area contributed by atoms with Gasteiger partial charge in [0, 0.05) is 42.0 Å². The lowest BCUT2D eigenvalue weighted by Crippen LogP contribution is -2.41. The number of thiophene rings is 1. The van der Waals surface area contributed by atoms with E-state index in [0.29, 0.717) is 25.9 Å². The summed E-state index contributed by atoms with van der Waals surface area (Å²) in [5.74, 6) is 0.0574. The first kappa shape index (κ1) is 19.0. The number of piperidine rings is 1. The van der Waals surface area contributed by atoms with E-state index in [1.54, 1.807) is 35.9 Å². The third kappa shape index (κ3) is 3.63. The summed E-state index contributed by atoms with van der Waals surface area (Å²) in [6.07, 6.45) is 6.73. The third-order valence-electron chi connectivity index (χ3n) is 6.05. The average molecular weight is 418 g/mol. The minimum absolute atomic E-state index is 0.0245. The Morgan fingerprint density at radius 1 is 1.00 bits per heavy atom. The van der Waals surface area contributed by atoms with Crippen LogP contribution in [0.1, 0.15) is 33.6 Å². The van der Waals surface area contributed by atoms with Gasteiger partial charge in [0.25, 0.3) is 5.91 Å². The van der Waals surface area contributed by atoms with E-state index in [1.807, 2.05) is 4.90 Å². The van der Waals surface area contributed by atoms with Crippen molar-refractivity contribution < 1.29 is 9.59 Å². The number of amides is 2. The number of likely N-dealkylation sites (tertiary alicyclic amines) is 1. The molecule has 6 heteroatoms. The molecule has 0 radical (unpaired) electrons. The molecule has 1 aliphatic heterocycles. The van der Waals surface area contributed by atoms with Crippen molar-refractivity contribution in [2.45, 2.75) is 25.7 Å². The Kier molecular flexibility index (Phi) is 5.09. The highest BCUT2D eigenvalue weighted by Gasteiger charge is 2.29. The molecule has 3 aromatic rings. The molecule has 1 aliphatic carbocycles. The molecule has 2 amide bonds. The zero-order valence-electron chi connectivity index (χ0n) is 16.6. The quantitative estimate of drug-likeness (QED) is 0.687. The smallest absolute Gasteiger partial charge is 0.263 e. The van der Waals surface area contributed by atoms with Gasteiger partial charge in [0.15, 0.2) is 0 Å². The van der Waals surface area contributed by atoms with Gasteiger partial charge in [-0.3, -0.25) is 14.6 Å². The molecule has 0 bridgehead atoms. The molecular weight excluding hydrogens is 394 g/mol. The fourth-order valence-electron chi connectivity index (χ4n) is 4.36. The van der Waals surface area contributed by atoms with Crippen molar-refractivity contribution in [3.63, 3.8) is 0 Å². The van der Waals surface area contributed by atoms with Crippen molar-refractivity contribution in [3.8, 4) is 10.4 Å². The molecule has 152 valence electrons. The van der Waals surface area contributed by atoms with E-state index in [-0.39, 0.29) is 17.7 Å². The number of rotatable bonds is 3. The fourth-order valence-corrected chi connectivity index (χ4v) is 5.60. The lowest BCUT2D eigenvalue weighted by molar-refractivity contribution is -0.121. The van der Waals surface area contributed by atoms with Crippen molar-refractivity contribution in [2.24, 2.45) is 5.92 Å². The van der Waals surface area contributed by atoms with Crippen LogP contribution < -0.4 is 5.32 Å². The van der Waals surface area contributed by atoms with E-state index >= 15 is 0 Å². The Morgan fingerprint density at radius 3 is 2.53 bits per heavy atom. The van der Waals surface area contributed by atoms with Gasteiger partial charge in [-0.25, -0.2) is 0 Å². The maximum absolute atomic E-state index is 13.1. The van der Waals surface area contributed by atoms with E-state index < -0.39 is 0 Å².